The van der Waals surface area contributed by atoms with Crippen molar-refractivity contribution >= 4 is 34.2 Å². The molecule has 2 rings (SSSR count). The Hall–Kier alpha value is -2.75. The van der Waals surface area contributed by atoms with Crippen LogP contribution in [0.4, 0.5) is 21.0 Å². The Bertz CT molecular complexity index is 688. The van der Waals surface area contributed by atoms with E-state index in [1.54, 1.807) is 5.38 Å². The largest absolute Gasteiger partial charge is 0.502 e. The molecule has 0 aliphatic heterocycles. The molecule has 0 saturated heterocycles. The van der Waals surface area contributed by atoms with Gasteiger partial charge in [-0.25, -0.2) is 9.37 Å². The lowest BCUT2D eigenvalue weighted by molar-refractivity contribution is -0.385. The first kappa shape index (κ1) is 13.7. The van der Waals surface area contributed by atoms with Gasteiger partial charge in [0, 0.05) is 11.4 Å². The third-order valence-electron chi connectivity index (χ3n) is 2.22. The van der Waals surface area contributed by atoms with E-state index in [9.17, 15) is 19.6 Å². The Morgan fingerprint density at radius 3 is 2.95 bits per heavy atom. The van der Waals surface area contributed by atoms with E-state index < -0.39 is 27.7 Å². The maximum absolute atomic E-state index is 13.5. The first-order valence-electron chi connectivity index (χ1n) is 5.15. The second-order valence-electron chi connectivity index (χ2n) is 3.53. The highest BCUT2D eigenvalue weighted by Crippen LogP contribution is 2.30. The van der Waals surface area contributed by atoms with Crippen molar-refractivity contribution in [2.45, 2.75) is 0 Å². The lowest BCUT2D eigenvalue weighted by Crippen LogP contribution is -1.97. The first-order valence-corrected chi connectivity index (χ1v) is 6.03. The summed E-state index contributed by atoms with van der Waals surface area (Å²) in [5.41, 5.74) is 6.86. The van der Waals surface area contributed by atoms with E-state index in [4.69, 9.17) is 5.73 Å². The molecule has 104 valence electrons. The highest BCUT2D eigenvalue weighted by molar-refractivity contribution is 7.14. The monoisotopic (exact) mass is 297 g/mol. The van der Waals surface area contributed by atoms with Gasteiger partial charge < -0.3 is 10.8 Å². The van der Waals surface area contributed by atoms with Crippen molar-refractivity contribution in [3.8, 4) is 5.75 Å². The number of hydrogen-bond acceptors (Lipinski definition) is 8. The molecule has 0 aliphatic carbocycles. The highest BCUT2D eigenvalue weighted by Gasteiger charge is 2.19. The lowest BCUT2D eigenvalue weighted by atomic mass is 10.2. The van der Waals surface area contributed by atoms with Crippen LogP contribution in [-0.2, 0) is 0 Å². The van der Waals surface area contributed by atoms with Crippen LogP contribution in [0.3, 0.4) is 0 Å². The van der Waals surface area contributed by atoms with Crippen LogP contribution in [0.15, 0.2) is 22.6 Å². The molecule has 0 amide bonds. The fraction of sp³-hybridized carbons (Fsp3) is 0. The summed E-state index contributed by atoms with van der Waals surface area (Å²) >= 11 is 1.18. The number of nitrogens with zero attached hydrogens (tertiary/aromatic N) is 3. The molecule has 8 nitrogen and oxygen atoms in total. The summed E-state index contributed by atoms with van der Waals surface area (Å²) < 4.78 is 13.5. The van der Waals surface area contributed by atoms with Crippen molar-refractivity contribution in [2.24, 2.45) is 5.10 Å². The van der Waals surface area contributed by atoms with E-state index >= 15 is 0 Å². The minimum atomic E-state index is -0.836. The van der Waals surface area contributed by atoms with Gasteiger partial charge in [-0.05, 0) is 6.07 Å². The zero-order chi connectivity index (χ0) is 14.7. The molecule has 0 radical (unpaired) electrons. The Kier molecular flexibility index (Phi) is 3.75. The van der Waals surface area contributed by atoms with Crippen LogP contribution in [0.2, 0.25) is 0 Å². The van der Waals surface area contributed by atoms with Crippen molar-refractivity contribution in [2.75, 3.05) is 11.2 Å². The summed E-state index contributed by atoms with van der Waals surface area (Å²) in [6, 6.07) is 1.75. The number of halogens is 1. The number of phenols is 1. The van der Waals surface area contributed by atoms with Crippen LogP contribution >= 0.6 is 11.3 Å². The predicted molar refractivity (Wildman–Crippen MR) is 72.5 cm³/mol. The average molecular weight is 297 g/mol. The summed E-state index contributed by atoms with van der Waals surface area (Å²) in [6.07, 6.45) is 0.926. The first-order chi connectivity index (χ1) is 9.49. The molecular weight excluding hydrogens is 289 g/mol. The number of thiazole rings is 1. The second kappa shape index (κ2) is 5.48. The van der Waals surface area contributed by atoms with E-state index in [1.807, 2.05) is 0 Å². The quantitative estimate of drug-likeness (QED) is 0.449. The number of nitrogens with two attached hydrogens (primary N) is 1. The average Bonchev–Trinajstić information content (AvgIpc) is 2.78. The Labute approximate surface area is 115 Å². The van der Waals surface area contributed by atoms with Gasteiger partial charge in [0.2, 0.25) is 10.9 Å². The molecule has 1 aromatic heterocycles. The molecular formula is C10H8FN5O3S. The van der Waals surface area contributed by atoms with Crippen molar-refractivity contribution in [3.05, 3.63) is 39.0 Å². The van der Waals surface area contributed by atoms with Gasteiger partial charge in [0.1, 0.15) is 11.6 Å². The highest BCUT2D eigenvalue weighted by atomic mass is 32.1. The molecule has 0 saturated carbocycles. The number of nitro groups is 1. The number of anilines is 2. The smallest absolute Gasteiger partial charge is 0.311 e. The van der Waals surface area contributed by atoms with E-state index in [2.05, 4.69) is 15.5 Å². The molecule has 0 aliphatic rings. The number of nitrogen functional groups attached to an aromatic ring is 1. The number of hydrazone groups is 1. The van der Waals surface area contributed by atoms with Crippen molar-refractivity contribution < 1.29 is 14.4 Å². The third kappa shape index (κ3) is 2.80. The molecule has 4 N–H and O–H groups in total. The molecule has 1 heterocycles. The number of phenolic OH excluding ortho intramolecular Hbond substituents is 1. The van der Waals surface area contributed by atoms with Crippen molar-refractivity contribution in [3.63, 3.8) is 0 Å². The molecule has 0 bridgehead atoms. The summed E-state index contributed by atoms with van der Waals surface area (Å²) in [5.74, 6) is -1.33. The molecule has 1 aromatic carbocycles. The van der Waals surface area contributed by atoms with E-state index in [-0.39, 0.29) is 0 Å². The van der Waals surface area contributed by atoms with Crippen LogP contribution in [-0.4, -0.2) is 21.2 Å². The number of aromatic nitrogens is 1. The molecule has 10 heteroatoms. The van der Waals surface area contributed by atoms with Gasteiger partial charge >= 0.3 is 5.69 Å². The molecule has 0 atom stereocenters. The predicted octanol–water partition coefficient (Wildman–Crippen LogP) is 1.92. The minimum absolute atomic E-state index is 0.303. The van der Waals surface area contributed by atoms with Gasteiger partial charge in [-0.1, -0.05) is 0 Å². The van der Waals surface area contributed by atoms with Gasteiger partial charge in [-0.2, -0.15) is 5.10 Å². The summed E-state index contributed by atoms with van der Waals surface area (Å²) in [4.78, 5) is 13.6. The van der Waals surface area contributed by atoms with E-state index in [0.717, 1.165) is 18.3 Å². The minimum Gasteiger partial charge on any atom is -0.502 e. The standard InChI is InChI=1S/C10H8FN5O3S/c11-6-1-2-7(16(18)19)9(17)5(6)3-13-15-10-14-8(12)4-20-10/h1-4,17H,12H2,(H,14,15). The fourth-order valence-electron chi connectivity index (χ4n) is 1.33. The van der Waals surface area contributed by atoms with Crippen LogP contribution in [0, 0.1) is 15.9 Å². The SMILES string of the molecule is Nc1csc(NN=Cc2c(F)ccc([N+](=O)[O-])c2O)n1. The number of nitro benzene ring substituents is 1. The lowest BCUT2D eigenvalue weighted by Gasteiger charge is -2.01. The molecule has 20 heavy (non-hydrogen) atoms. The number of hydrogen-bond donors (Lipinski definition) is 3. The van der Waals surface area contributed by atoms with Gasteiger partial charge in [0.15, 0.2) is 0 Å². The van der Waals surface area contributed by atoms with Crippen LogP contribution in [0.5, 0.6) is 5.75 Å². The topological polar surface area (TPSA) is 127 Å². The zero-order valence-corrected chi connectivity index (χ0v) is 10.6. The van der Waals surface area contributed by atoms with Gasteiger partial charge in [-0.3, -0.25) is 15.5 Å². The molecule has 0 unspecified atom stereocenters. The second-order valence-corrected chi connectivity index (χ2v) is 4.39. The summed E-state index contributed by atoms with van der Waals surface area (Å²) in [6.45, 7) is 0. The number of nitrogens with one attached hydrogen (secondary N) is 1. The summed E-state index contributed by atoms with van der Waals surface area (Å²) in [5, 5.41) is 25.8. The Balaban J connectivity index is 2.24. The maximum atomic E-state index is 13.5. The Morgan fingerprint density at radius 1 is 1.60 bits per heavy atom. The number of rotatable bonds is 4. The molecule has 2 aromatic rings. The van der Waals surface area contributed by atoms with E-state index in [1.165, 1.54) is 11.3 Å². The van der Waals surface area contributed by atoms with Gasteiger partial charge in [0.25, 0.3) is 0 Å². The van der Waals surface area contributed by atoms with Crippen LogP contribution in [0.1, 0.15) is 5.56 Å². The van der Waals surface area contributed by atoms with E-state index in [0.29, 0.717) is 10.9 Å². The normalized spacial score (nSPS) is 10.8. The maximum Gasteiger partial charge on any atom is 0.311 e. The fourth-order valence-corrected chi connectivity index (χ4v) is 1.88. The van der Waals surface area contributed by atoms with Gasteiger partial charge in [-0.15, -0.1) is 11.3 Å². The summed E-state index contributed by atoms with van der Waals surface area (Å²) in [7, 11) is 0. The zero-order valence-electron chi connectivity index (χ0n) is 9.78. The van der Waals surface area contributed by atoms with Crippen molar-refractivity contribution in [1.29, 1.82) is 0 Å². The van der Waals surface area contributed by atoms with Crippen LogP contribution in [0.25, 0.3) is 0 Å². The third-order valence-corrected chi connectivity index (χ3v) is 2.98. The van der Waals surface area contributed by atoms with Gasteiger partial charge in [0.05, 0.1) is 16.7 Å². The molecule has 0 fully saturated rings. The number of benzene rings is 1. The Morgan fingerprint density at radius 2 is 2.35 bits per heavy atom. The number of aromatic hydroxyl groups is 1. The van der Waals surface area contributed by atoms with Crippen molar-refractivity contribution in [1.82, 2.24) is 4.98 Å². The van der Waals surface area contributed by atoms with Crippen LogP contribution < -0.4 is 11.2 Å². The molecule has 0 spiro atoms.